The van der Waals surface area contributed by atoms with Crippen molar-refractivity contribution in [3.8, 4) is 0 Å². The molecule has 3 heteroatoms. The van der Waals surface area contributed by atoms with Crippen LogP contribution in [0.5, 0.6) is 0 Å². The second kappa shape index (κ2) is 4.71. The molecule has 1 heterocycles. The van der Waals surface area contributed by atoms with Crippen molar-refractivity contribution >= 4 is 0 Å². The summed E-state index contributed by atoms with van der Waals surface area (Å²) in [5.41, 5.74) is 0.613. The quantitative estimate of drug-likeness (QED) is 0.812. The van der Waals surface area contributed by atoms with E-state index in [9.17, 15) is 9.50 Å². The Morgan fingerprint density at radius 3 is 2.67 bits per heavy atom. The molecule has 0 amide bonds. The fourth-order valence-corrected chi connectivity index (χ4v) is 2.31. The Balaban J connectivity index is 2.08. The largest absolute Gasteiger partial charge is 0.388 e. The smallest absolute Gasteiger partial charge is 0.141 e. The van der Waals surface area contributed by atoms with Gasteiger partial charge >= 0.3 is 0 Å². The van der Waals surface area contributed by atoms with Crippen LogP contribution in [0, 0.1) is 11.7 Å². The molecule has 2 nitrogen and oxygen atoms in total. The summed E-state index contributed by atoms with van der Waals surface area (Å²) in [5, 5.41) is 10.1. The van der Waals surface area contributed by atoms with Gasteiger partial charge < -0.3 is 5.11 Å². The van der Waals surface area contributed by atoms with E-state index in [2.05, 4.69) is 4.98 Å². The minimum atomic E-state index is -0.548. The molecule has 82 valence electrons. The number of nitrogens with zero attached hydrogens (tertiary/aromatic N) is 1. The minimum Gasteiger partial charge on any atom is -0.388 e. The highest BCUT2D eigenvalue weighted by Gasteiger charge is 2.23. The molecular formula is C12H16FNO. The average molecular weight is 209 g/mol. The summed E-state index contributed by atoms with van der Waals surface area (Å²) in [6, 6.07) is 1.38. The normalized spacial score (nSPS) is 20.1. The SMILES string of the molecule is OC(c1cncc(F)c1)C1CCCCC1. The van der Waals surface area contributed by atoms with Crippen LogP contribution in [0.1, 0.15) is 43.8 Å². The number of hydrogen-bond donors (Lipinski definition) is 1. The van der Waals surface area contributed by atoms with Crippen molar-refractivity contribution < 1.29 is 9.50 Å². The van der Waals surface area contributed by atoms with Crippen LogP contribution in [0.3, 0.4) is 0 Å². The first-order valence-electron chi connectivity index (χ1n) is 5.56. The summed E-state index contributed by atoms with van der Waals surface area (Å²) in [6.07, 6.45) is 7.85. The van der Waals surface area contributed by atoms with Gasteiger partial charge in [-0.15, -0.1) is 0 Å². The lowest BCUT2D eigenvalue weighted by Crippen LogP contribution is -2.16. The zero-order valence-electron chi connectivity index (χ0n) is 8.69. The molecule has 2 rings (SSSR count). The van der Waals surface area contributed by atoms with Gasteiger partial charge in [-0.25, -0.2) is 4.39 Å². The van der Waals surface area contributed by atoms with Crippen molar-refractivity contribution in [3.63, 3.8) is 0 Å². The first-order chi connectivity index (χ1) is 7.27. The molecule has 1 unspecified atom stereocenters. The molecule has 1 aliphatic carbocycles. The van der Waals surface area contributed by atoms with Crippen molar-refractivity contribution in [2.45, 2.75) is 38.2 Å². The van der Waals surface area contributed by atoms with Gasteiger partial charge in [-0.2, -0.15) is 0 Å². The summed E-state index contributed by atoms with van der Waals surface area (Å²) in [5.74, 6) is -0.0929. The fraction of sp³-hybridized carbons (Fsp3) is 0.583. The highest BCUT2D eigenvalue weighted by atomic mass is 19.1. The minimum absolute atomic E-state index is 0.280. The van der Waals surface area contributed by atoms with Crippen LogP contribution in [0.2, 0.25) is 0 Å². The monoisotopic (exact) mass is 209 g/mol. The molecule has 0 spiro atoms. The Hall–Kier alpha value is -0.960. The van der Waals surface area contributed by atoms with Crippen molar-refractivity contribution in [3.05, 3.63) is 29.8 Å². The second-order valence-corrected chi connectivity index (χ2v) is 4.28. The molecule has 0 aliphatic heterocycles. The molecule has 0 radical (unpaired) electrons. The first-order valence-corrected chi connectivity index (χ1v) is 5.56. The Kier molecular flexibility index (Phi) is 3.31. The van der Waals surface area contributed by atoms with Crippen LogP contribution >= 0.6 is 0 Å². The van der Waals surface area contributed by atoms with E-state index >= 15 is 0 Å². The van der Waals surface area contributed by atoms with Crippen LogP contribution in [0.25, 0.3) is 0 Å². The van der Waals surface area contributed by atoms with E-state index in [1.54, 1.807) is 6.20 Å². The van der Waals surface area contributed by atoms with E-state index in [0.29, 0.717) is 5.56 Å². The molecule has 1 fully saturated rings. The topological polar surface area (TPSA) is 33.1 Å². The summed E-state index contributed by atoms with van der Waals surface area (Å²) < 4.78 is 12.9. The van der Waals surface area contributed by atoms with Crippen LogP contribution in [-0.2, 0) is 0 Å². The number of aliphatic hydroxyl groups is 1. The molecule has 1 aliphatic rings. The predicted molar refractivity (Wildman–Crippen MR) is 55.7 cm³/mol. The Morgan fingerprint density at radius 1 is 1.27 bits per heavy atom. The number of pyridine rings is 1. The number of aromatic nitrogens is 1. The van der Waals surface area contributed by atoms with Gasteiger partial charge in [0.05, 0.1) is 12.3 Å². The molecule has 1 N–H and O–H groups in total. The molecule has 1 atom stereocenters. The number of rotatable bonds is 2. The highest BCUT2D eigenvalue weighted by molar-refractivity contribution is 5.14. The van der Waals surface area contributed by atoms with Crippen molar-refractivity contribution in [1.82, 2.24) is 4.98 Å². The maximum absolute atomic E-state index is 12.9. The molecule has 1 saturated carbocycles. The number of aliphatic hydroxyl groups excluding tert-OH is 1. The van der Waals surface area contributed by atoms with E-state index in [-0.39, 0.29) is 11.7 Å². The average Bonchev–Trinajstić information content (AvgIpc) is 2.29. The maximum Gasteiger partial charge on any atom is 0.141 e. The van der Waals surface area contributed by atoms with Gasteiger partial charge in [-0.1, -0.05) is 19.3 Å². The van der Waals surface area contributed by atoms with Gasteiger partial charge in [0.25, 0.3) is 0 Å². The summed E-state index contributed by atoms with van der Waals surface area (Å²) in [4.78, 5) is 3.77. The van der Waals surface area contributed by atoms with Crippen LogP contribution < -0.4 is 0 Å². The fourth-order valence-electron chi connectivity index (χ4n) is 2.31. The van der Waals surface area contributed by atoms with Crippen LogP contribution in [0.15, 0.2) is 18.5 Å². The van der Waals surface area contributed by atoms with Gasteiger partial charge in [-0.3, -0.25) is 4.98 Å². The van der Waals surface area contributed by atoms with E-state index in [4.69, 9.17) is 0 Å². The first kappa shape index (κ1) is 10.6. The van der Waals surface area contributed by atoms with Gasteiger partial charge in [0, 0.05) is 11.8 Å². The summed E-state index contributed by atoms with van der Waals surface area (Å²) in [7, 11) is 0. The maximum atomic E-state index is 12.9. The van der Waals surface area contributed by atoms with E-state index in [0.717, 1.165) is 19.0 Å². The van der Waals surface area contributed by atoms with Gasteiger partial charge in [0.1, 0.15) is 5.82 Å². The van der Waals surface area contributed by atoms with Crippen LogP contribution in [-0.4, -0.2) is 10.1 Å². The molecule has 0 saturated heterocycles. The van der Waals surface area contributed by atoms with Crippen LogP contribution in [0.4, 0.5) is 4.39 Å². The number of halogens is 1. The zero-order valence-corrected chi connectivity index (χ0v) is 8.69. The third kappa shape index (κ3) is 2.53. The van der Waals surface area contributed by atoms with Gasteiger partial charge in [-0.05, 0) is 24.8 Å². The molecule has 0 aromatic carbocycles. The lowest BCUT2D eigenvalue weighted by molar-refractivity contribution is 0.0842. The summed E-state index contributed by atoms with van der Waals surface area (Å²) in [6.45, 7) is 0. The van der Waals surface area contributed by atoms with Gasteiger partial charge in [0.2, 0.25) is 0 Å². The molecule has 15 heavy (non-hydrogen) atoms. The standard InChI is InChI=1S/C12H16FNO/c13-11-6-10(7-14-8-11)12(15)9-4-2-1-3-5-9/h6-9,12,15H,1-5H2. The number of hydrogen-bond acceptors (Lipinski definition) is 2. The lowest BCUT2D eigenvalue weighted by atomic mass is 9.83. The molecule has 1 aromatic heterocycles. The third-order valence-electron chi connectivity index (χ3n) is 3.16. The zero-order chi connectivity index (χ0) is 10.7. The third-order valence-corrected chi connectivity index (χ3v) is 3.16. The summed E-state index contributed by atoms with van der Waals surface area (Å²) >= 11 is 0. The highest BCUT2D eigenvalue weighted by Crippen LogP contribution is 2.33. The Morgan fingerprint density at radius 2 is 2.00 bits per heavy atom. The van der Waals surface area contributed by atoms with Crippen molar-refractivity contribution in [1.29, 1.82) is 0 Å². The van der Waals surface area contributed by atoms with E-state index in [1.807, 2.05) is 0 Å². The van der Waals surface area contributed by atoms with E-state index < -0.39 is 6.10 Å². The molecular weight excluding hydrogens is 193 g/mol. The Labute approximate surface area is 89.2 Å². The molecule has 0 bridgehead atoms. The molecule has 1 aromatic rings. The van der Waals surface area contributed by atoms with E-state index in [1.165, 1.54) is 25.3 Å². The van der Waals surface area contributed by atoms with Gasteiger partial charge in [0.15, 0.2) is 0 Å². The second-order valence-electron chi connectivity index (χ2n) is 4.28. The van der Waals surface area contributed by atoms with Crippen molar-refractivity contribution in [2.24, 2.45) is 5.92 Å². The lowest BCUT2D eigenvalue weighted by Gasteiger charge is -2.26. The predicted octanol–water partition coefficient (Wildman–Crippen LogP) is 2.83. The van der Waals surface area contributed by atoms with Crippen molar-refractivity contribution in [2.75, 3.05) is 0 Å². The Bertz CT molecular complexity index is 323.